The number of nitrogens with zero attached hydrogens (tertiary/aromatic N) is 1. The van der Waals surface area contributed by atoms with Crippen molar-refractivity contribution in [3.8, 4) is 11.3 Å². The number of halogens is 2. The van der Waals surface area contributed by atoms with E-state index >= 15 is 0 Å². The predicted molar refractivity (Wildman–Crippen MR) is 146 cm³/mol. The second kappa shape index (κ2) is 12.4. The molecule has 3 rings (SSSR count). The Morgan fingerprint density at radius 2 is 1.58 bits per heavy atom. The van der Waals surface area contributed by atoms with Crippen molar-refractivity contribution >= 4 is 0 Å². The summed E-state index contributed by atoms with van der Waals surface area (Å²) in [5, 5.41) is 3.80. The molecule has 0 spiro atoms. The summed E-state index contributed by atoms with van der Waals surface area (Å²) in [5.41, 5.74) is 6.06. The summed E-state index contributed by atoms with van der Waals surface area (Å²) in [6, 6.07) is 18.9. The fraction of sp³-hybridized carbons (Fsp3) is 0.281. The molecule has 3 aromatic rings. The van der Waals surface area contributed by atoms with E-state index in [9.17, 15) is 8.78 Å². The average molecular weight is 487 g/mol. The lowest BCUT2D eigenvalue weighted by molar-refractivity contribution is 0.584. The first kappa shape index (κ1) is 27.1. The van der Waals surface area contributed by atoms with E-state index in [0.29, 0.717) is 17.2 Å². The van der Waals surface area contributed by atoms with E-state index < -0.39 is 11.6 Å². The van der Waals surface area contributed by atoms with Crippen LogP contribution in [0.1, 0.15) is 58.3 Å². The summed E-state index contributed by atoms with van der Waals surface area (Å²) in [7, 11) is 0. The molecule has 0 aliphatic carbocycles. The Morgan fingerprint density at radius 1 is 0.917 bits per heavy atom. The summed E-state index contributed by atoms with van der Waals surface area (Å²) < 4.78 is 27.9. The van der Waals surface area contributed by atoms with E-state index in [1.54, 1.807) is 6.07 Å². The Hall–Kier alpha value is -3.53. The van der Waals surface area contributed by atoms with E-state index in [1.807, 2.05) is 37.3 Å². The highest BCUT2D eigenvalue weighted by Gasteiger charge is 2.22. The number of allylic oxidation sites excluding steroid dienone is 4. The molecule has 0 saturated heterocycles. The zero-order valence-corrected chi connectivity index (χ0v) is 21.9. The Kier molecular flexibility index (Phi) is 9.35. The fourth-order valence-electron chi connectivity index (χ4n) is 4.14. The lowest BCUT2D eigenvalue weighted by Gasteiger charge is -2.28. The highest BCUT2D eigenvalue weighted by atomic mass is 19.1. The number of benzene rings is 2. The minimum atomic E-state index is -0.626. The normalized spacial score (nSPS) is 13.2. The zero-order chi connectivity index (χ0) is 26.2. The first-order valence-electron chi connectivity index (χ1n) is 12.5. The Bertz CT molecular complexity index is 1220. The molecule has 0 radical (unpaired) electrons. The summed E-state index contributed by atoms with van der Waals surface area (Å²) in [6.07, 6.45) is 5.05. The van der Waals surface area contributed by atoms with Gasteiger partial charge in [0, 0.05) is 17.3 Å². The standard InChI is InChI=1S/C32H36F2N2/c1-7-8-15-28(22(4)5)31(23(6)21(2)3)36-32(24-13-10-9-11-14-24)30-17-12-16-29(35-30)25-18-26(33)20-27(34)19-25/h7-14,16-22,32,36H,6,15H2,1-5H3/b8-7-,31-28-. The summed E-state index contributed by atoms with van der Waals surface area (Å²) >= 11 is 0. The van der Waals surface area contributed by atoms with Gasteiger partial charge in [0.2, 0.25) is 0 Å². The van der Waals surface area contributed by atoms with Gasteiger partial charge < -0.3 is 5.32 Å². The first-order valence-corrected chi connectivity index (χ1v) is 12.5. The average Bonchev–Trinajstić information content (AvgIpc) is 2.85. The van der Waals surface area contributed by atoms with Gasteiger partial charge >= 0.3 is 0 Å². The van der Waals surface area contributed by atoms with E-state index in [1.165, 1.54) is 17.7 Å². The maximum atomic E-state index is 13.9. The van der Waals surface area contributed by atoms with Gasteiger partial charge in [-0.1, -0.05) is 82.8 Å². The molecule has 0 bridgehead atoms. The molecule has 0 saturated carbocycles. The van der Waals surface area contributed by atoms with Crippen LogP contribution in [0.15, 0.2) is 102 Å². The quantitative estimate of drug-likeness (QED) is 0.229. The van der Waals surface area contributed by atoms with Crippen molar-refractivity contribution in [2.45, 2.75) is 47.1 Å². The Morgan fingerprint density at radius 3 is 2.17 bits per heavy atom. The highest BCUT2D eigenvalue weighted by Crippen LogP contribution is 2.31. The van der Waals surface area contributed by atoms with E-state index in [2.05, 4.69) is 63.9 Å². The molecule has 1 heterocycles. The lowest BCUT2D eigenvalue weighted by atomic mass is 9.89. The second-order valence-corrected chi connectivity index (χ2v) is 9.60. The van der Waals surface area contributed by atoms with Gasteiger partial charge in [-0.2, -0.15) is 0 Å². The monoisotopic (exact) mass is 486 g/mol. The first-order chi connectivity index (χ1) is 17.2. The Balaban J connectivity index is 2.17. The maximum Gasteiger partial charge on any atom is 0.126 e. The lowest BCUT2D eigenvalue weighted by Crippen LogP contribution is -2.27. The molecule has 1 atom stereocenters. The van der Waals surface area contributed by atoms with Gasteiger partial charge in [0.05, 0.1) is 17.4 Å². The molecular weight excluding hydrogens is 450 g/mol. The molecule has 0 aliphatic rings. The van der Waals surface area contributed by atoms with Crippen LogP contribution in [0.2, 0.25) is 0 Å². The van der Waals surface area contributed by atoms with Crippen molar-refractivity contribution in [1.82, 2.24) is 10.3 Å². The second-order valence-electron chi connectivity index (χ2n) is 9.60. The highest BCUT2D eigenvalue weighted by molar-refractivity contribution is 5.59. The van der Waals surface area contributed by atoms with Gasteiger partial charge in [0.15, 0.2) is 0 Å². The van der Waals surface area contributed by atoms with Crippen LogP contribution in [0.5, 0.6) is 0 Å². The summed E-state index contributed by atoms with van der Waals surface area (Å²) in [6.45, 7) is 15.2. The van der Waals surface area contributed by atoms with Crippen LogP contribution in [0.3, 0.4) is 0 Å². The van der Waals surface area contributed by atoms with Crippen LogP contribution in [-0.2, 0) is 0 Å². The molecule has 188 valence electrons. The molecule has 0 aliphatic heterocycles. The van der Waals surface area contributed by atoms with Crippen molar-refractivity contribution in [3.63, 3.8) is 0 Å². The molecule has 1 N–H and O–H groups in total. The van der Waals surface area contributed by atoms with Gasteiger partial charge in [-0.3, -0.25) is 4.98 Å². The maximum absolute atomic E-state index is 13.9. The molecule has 1 unspecified atom stereocenters. The smallest absolute Gasteiger partial charge is 0.126 e. The summed E-state index contributed by atoms with van der Waals surface area (Å²) in [5.74, 6) is -0.694. The van der Waals surface area contributed by atoms with Gasteiger partial charge in [0.1, 0.15) is 11.6 Å². The third-order valence-electron chi connectivity index (χ3n) is 6.26. The van der Waals surface area contributed by atoms with E-state index in [-0.39, 0.29) is 12.0 Å². The van der Waals surface area contributed by atoms with Crippen molar-refractivity contribution in [3.05, 3.63) is 125 Å². The molecule has 0 fully saturated rings. The minimum absolute atomic E-state index is 0.248. The van der Waals surface area contributed by atoms with Crippen LogP contribution >= 0.6 is 0 Å². The minimum Gasteiger partial charge on any atom is -0.373 e. The van der Waals surface area contributed by atoms with Crippen molar-refractivity contribution in [1.29, 1.82) is 0 Å². The third kappa shape index (κ3) is 6.78. The molecule has 2 aromatic carbocycles. The number of hydrogen-bond acceptors (Lipinski definition) is 2. The van der Waals surface area contributed by atoms with Gasteiger partial charge in [-0.15, -0.1) is 0 Å². The van der Waals surface area contributed by atoms with Crippen molar-refractivity contribution in [2.24, 2.45) is 11.8 Å². The van der Waals surface area contributed by atoms with E-state index in [4.69, 9.17) is 4.98 Å². The van der Waals surface area contributed by atoms with Crippen LogP contribution < -0.4 is 5.32 Å². The Labute approximate surface area is 214 Å². The number of rotatable bonds is 10. The number of hydrogen-bond donors (Lipinski definition) is 1. The third-order valence-corrected chi connectivity index (χ3v) is 6.26. The SMILES string of the molecule is C=C(/C(NC(c1ccccc1)c1cccc(-c2cc(F)cc(F)c2)n1)=C(\C/C=C\C)C(C)C)C(C)C. The molecule has 4 heteroatoms. The van der Waals surface area contributed by atoms with Crippen LogP contribution in [0.25, 0.3) is 11.3 Å². The van der Waals surface area contributed by atoms with Gasteiger partial charge in [0.25, 0.3) is 0 Å². The number of nitrogens with one attached hydrogen (secondary N) is 1. The molecule has 2 nitrogen and oxygen atoms in total. The van der Waals surface area contributed by atoms with Crippen LogP contribution in [0, 0.1) is 23.5 Å². The fourth-order valence-corrected chi connectivity index (χ4v) is 4.14. The van der Waals surface area contributed by atoms with Crippen molar-refractivity contribution < 1.29 is 8.78 Å². The van der Waals surface area contributed by atoms with Gasteiger partial charge in [-0.25, -0.2) is 8.78 Å². The summed E-state index contributed by atoms with van der Waals surface area (Å²) in [4.78, 5) is 4.86. The number of aromatic nitrogens is 1. The predicted octanol–water partition coefficient (Wildman–Crippen LogP) is 8.79. The molecule has 36 heavy (non-hydrogen) atoms. The molecule has 0 amide bonds. The van der Waals surface area contributed by atoms with E-state index in [0.717, 1.165) is 35.0 Å². The van der Waals surface area contributed by atoms with Crippen LogP contribution in [-0.4, -0.2) is 4.98 Å². The largest absolute Gasteiger partial charge is 0.373 e. The van der Waals surface area contributed by atoms with Crippen molar-refractivity contribution in [2.75, 3.05) is 0 Å². The zero-order valence-electron chi connectivity index (χ0n) is 21.9. The number of pyridine rings is 1. The van der Waals surface area contributed by atoms with Crippen LogP contribution in [0.4, 0.5) is 8.78 Å². The van der Waals surface area contributed by atoms with Gasteiger partial charge in [-0.05, 0) is 66.2 Å². The molecule has 1 aromatic heterocycles. The topological polar surface area (TPSA) is 24.9 Å². The molecular formula is C32H36F2N2.